The number of rotatable bonds is 2. The lowest BCUT2D eigenvalue weighted by Gasteiger charge is -2.28. The lowest BCUT2D eigenvalue weighted by molar-refractivity contribution is 0.459. The minimum absolute atomic E-state index is 0.177. The van der Waals surface area contributed by atoms with Crippen LogP contribution in [0.25, 0.3) is 0 Å². The van der Waals surface area contributed by atoms with Crippen LogP contribution in [0.1, 0.15) is 21.9 Å². The first-order chi connectivity index (χ1) is 11.2. The van der Waals surface area contributed by atoms with Gasteiger partial charge in [0.1, 0.15) is 11.5 Å². The summed E-state index contributed by atoms with van der Waals surface area (Å²) in [5, 5.41) is 0.914. The summed E-state index contributed by atoms with van der Waals surface area (Å²) in [5.41, 5.74) is 3.58. The van der Waals surface area contributed by atoms with Crippen molar-refractivity contribution in [2.45, 2.75) is 17.1 Å². The van der Waals surface area contributed by atoms with E-state index in [0.29, 0.717) is 0 Å². The third kappa shape index (κ3) is 2.85. The maximum atomic E-state index is 6.23. The monoisotopic (exact) mass is 338 g/mol. The summed E-state index contributed by atoms with van der Waals surface area (Å²) in [4.78, 5) is 1.24. The van der Waals surface area contributed by atoms with E-state index in [-0.39, 0.29) is 5.25 Å². The molecule has 1 aliphatic heterocycles. The standard InChI is InChI=1S/C20H15ClOS/c1-13-6-9-15(10-7-13)23-20-16-4-2-3-5-18(16)22-19-11-8-14(21)12-17(19)20/h2-12,20H,1H3/t20-/m1/s1. The van der Waals surface area contributed by atoms with Crippen LogP contribution in [0.4, 0.5) is 0 Å². The second kappa shape index (κ2) is 5.95. The Labute approximate surface area is 145 Å². The lowest BCUT2D eigenvalue weighted by atomic mass is 10.00. The predicted molar refractivity (Wildman–Crippen MR) is 96.8 cm³/mol. The maximum absolute atomic E-state index is 6.23. The minimum Gasteiger partial charge on any atom is -0.457 e. The van der Waals surface area contributed by atoms with Crippen LogP contribution in [0, 0.1) is 6.92 Å². The molecule has 0 radical (unpaired) electrons. The van der Waals surface area contributed by atoms with E-state index in [2.05, 4.69) is 43.3 Å². The van der Waals surface area contributed by atoms with Gasteiger partial charge in [-0.25, -0.2) is 0 Å². The molecule has 23 heavy (non-hydrogen) atoms. The summed E-state index contributed by atoms with van der Waals surface area (Å²) >= 11 is 8.06. The van der Waals surface area contributed by atoms with E-state index in [9.17, 15) is 0 Å². The van der Waals surface area contributed by atoms with Crippen molar-refractivity contribution in [1.29, 1.82) is 0 Å². The normalized spacial score (nSPS) is 15.5. The molecule has 0 amide bonds. The molecule has 0 N–H and O–H groups in total. The van der Waals surface area contributed by atoms with Gasteiger partial charge in [0, 0.05) is 21.0 Å². The van der Waals surface area contributed by atoms with Crippen LogP contribution < -0.4 is 4.74 Å². The van der Waals surface area contributed by atoms with E-state index in [1.165, 1.54) is 16.0 Å². The number of hydrogen-bond donors (Lipinski definition) is 0. The Bertz CT molecular complexity index is 858. The summed E-state index contributed by atoms with van der Waals surface area (Å²) in [7, 11) is 0. The molecular weight excluding hydrogens is 324 g/mol. The van der Waals surface area contributed by atoms with Gasteiger partial charge in [-0.1, -0.05) is 47.5 Å². The smallest absolute Gasteiger partial charge is 0.132 e. The second-order valence-electron chi connectivity index (χ2n) is 5.63. The van der Waals surface area contributed by atoms with Gasteiger partial charge in [-0.15, -0.1) is 11.8 Å². The van der Waals surface area contributed by atoms with Crippen LogP contribution in [-0.2, 0) is 0 Å². The number of thioether (sulfide) groups is 1. The molecule has 0 aromatic heterocycles. The fourth-order valence-corrected chi connectivity index (χ4v) is 4.15. The molecule has 0 saturated carbocycles. The minimum atomic E-state index is 0.177. The van der Waals surface area contributed by atoms with Crippen molar-refractivity contribution < 1.29 is 4.74 Å². The highest BCUT2D eigenvalue weighted by atomic mass is 35.5. The Hall–Kier alpha value is -1.90. The van der Waals surface area contributed by atoms with Crippen LogP contribution in [0.3, 0.4) is 0 Å². The molecule has 0 saturated heterocycles. The van der Waals surface area contributed by atoms with E-state index in [0.717, 1.165) is 22.1 Å². The second-order valence-corrected chi connectivity index (χ2v) is 7.25. The van der Waals surface area contributed by atoms with Gasteiger partial charge in [0.2, 0.25) is 0 Å². The highest BCUT2D eigenvalue weighted by Crippen LogP contribution is 2.51. The molecule has 1 atom stereocenters. The number of benzene rings is 3. The third-order valence-corrected chi connectivity index (χ3v) is 5.47. The molecule has 0 unspecified atom stereocenters. The number of fused-ring (bicyclic) bond motifs is 2. The van der Waals surface area contributed by atoms with Crippen molar-refractivity contribution >= 4 is 23.4 Å². The highest BCUT2D eigenvalue weighted by Gasteiger charge is 2.28. The molecule has 3 heteroatoms. The number of hydrogen-bond acceptors (Lipinski definition) is 2. The Kier molecular flexibility index (Phi) is 3.80. The zero-order valence-electron chi connectivity index (χ0n) is 12.6. The highest BCUT2D eigenvalue weighted by molar-refractivity contribution is 7.99. The first kappa shape index (κ1) is 14.7. The first-order valence-electron chi connectivity index (χ1n) is 7.50. The average molecular weight is 339 g/mol. The predicted octanol–water partition coefficient (Wildman–Crippen LogP) is 6.64. The van der Waals surface area contributed by atoms with E-state index >= 15 is 0 Å². The topological polar surface area (TPSA) is 9.23 Å². The molecule has 0 bridgehead atoms. The van der Waals surface area contributed by atoms with Crippen LogP contribution in [0.5, 0.6) is 11.5 Å². The van der Waals surface area contributed by atoms with Crippen LogP contribution in [0.15, 0.2) is 71.6 Å². The Morgan fingerprint density at radius 2 is 1.61 bits per heavy atom. The van der Waals surface area contributed by atoms with Gasteiger partial charge in [0.15, 0.2) is 0 Å². The quantitative estimate of drug-likeness (QED) is 0.518. The molecule has 0 spiro atoms. The fourth-order valence-electron chi connectivity index (χ4n) is 2.77. The first-order valence-corrected chi connectivity index (χ1v) is 8.76. The molecule has 1 nitrogen and oxygen atoms in total. The van der Waals surface area contributed by atoms with Crippen molar-refractivity contribution in [3.8, 4) is 11.5 Å². The number of aryl methyl sites for hydroxylation is 1. The van der Waals surface area contributed by atoms with E-state index in [1.807, 2.05) is 42.1 Å². The molecule has 1 aliphatic rings. The molecule has 3 aromatic carbocycles. The third-order valence-electron chi connectivity index (χ3n) is 3.95. The van der Waals surface area contributed by atoms with Crippen LogP contribution >= 0.6 is 23.4 Å². The van der Waals surface area contributed by atoms with Gasteiger partial charge < -0.3 is 4.74 Å². The summed E-state index contributed by atoms with van der Waals surface area (Å²) in [6, 6.07) is 22.7. The zero-order valence-corrected chi connectivity index (χ0v) is 14.2. The Morgan fingerprint density at radius 1 is 0.870 bits per heavy atom. The number of para-hydroxylation sites is 1. The number of ether oxygens (including phenoxy) is 1. The zero-order chi connectivity index (χ0) is 15.8. The largest absolute Gasteiger partial charge is 0.457 e. The summed E-state index contributed by atoms with van der Waals surface area (Å²) in [6.07, 6.45) is 0. The van der Waals surface area contributed by atoms with Gasteiger partial charge >= 0.3 is 0 Å². The maximum Gasteiger partial charge on any atom is 0.132 e. The molecule has 4 rings (SSSR count). The van der Waals surface area contributed by atoms with Gasteiger partial charge in [0.25, 0.3) is 0 Å². The molecule has 114 valence electrons. The lowest BCUT2D eigenvalue weighted by Crippen LogP contribution is -2.07. The Morgan fingerprint density at radius 3 is 2.43 bits per heavy atom. The molecular formula is C20H15ClOS. The van der Waals surface area contributed by atoms with Gasteiger partial charge in [-0.3, -0.25) is 0 Å². The van der Waals surface area contributed by atoms with Crippen LogP contribution in [0.2, 0.25) is 5.02 Å². The van der Waals surface area contributed by atoms with Crippen molar-refractivity contribution in [3.63, 3.8) is 0 Å². The molecule has 0 aliphatic carbocycles. The molecule has 1 heterocycles. The summed E-state index contributed by atoms with van der Waals surface area (Å²) < 4.78 is 6.05. The van der Waals surface area contributed by atoms with Gasteiger partial charge in [0.05, 0.1) is 5.25 Å². The van der Waals surface area contributed by atoms with Crippen molar-refractivity contribution in [2.24, 2.45) is 0 Å². The molecule has 0 fully saturated rings. The molecule has 3 aromatic rings. The summed E-state index contributed by atoms with van der Waals surface area (Å²) in [5.74, 6) is 1.81. The number of halogens is 1. The SMILES string of the molecule is Cc1ccc(S[C@@H]2c3ccccc3Oc3ccc(Cl)cc32)cc1. The van der Waals surface area contributed by atoms with Gasteiger partial charge in [-0.2, -0.15) is 0 Å². The van der Waals surface area contributed by atoms with E-state index < -0.39 is 0 Å². The van der Waals surface area contributed by atoms with Crippen molar-refractivity contribution in [1.82, 2.24) is 0 Å². The fraction of sp³-hybridized carbons (Fsp3) is 0.100. The van der Waals surface area contributed by atoms with E-state index in [4.69, 9.17) is 16.3 Å². The summed E-state index contributed by atoms with van der Waals surface area (Å²) in [6.45, 7) is 2.10. The van der Waals surface area contributed by atoms with Crippen molar-refractivity contribution in [3.05, 3.63) is 88.4 Å². The van der Waals surface area contributed by atoms with E-state index in [1.54, 1.807) is 0 Å². The van der Waals surface area contributed by atoms with Gasteiger partial charge in [-0.05, 0) is 43.3 Å². The Balaban J connectivity index is 1.81. The van der Waals surface area contributed by atoms with Crippen molar-refractivity contribution in [2.75, 3.05) is 0 Å². The average Bonchev–Trinajstić information content (AvgIpc) is 2.57. The van der Waals surface area contributed by atoms with Crippen LogP contribution in [-0.4, -0.2) is 0 Å².